The third kappa shape index (κ3) is 1.75. The molecule has 0 bridgehead atoms. The molecule has 1 aromatic carbocycles. The van der Waals surface area contributed by atoms with E-state index in [0.717, 1.165) is 6.42 Å². The lowest BCUT2D eigenvalue weighted by Gasteiger charge is -2.12. The van der Waals surface area contributed by atoms with Crippen molar-refractivity contribution in [2.75, 3.05) is 0 Å². The van der Waals surface area contributed by atoms with Crippen molar-refractivity contribution in [2.24, 2.45) is 11.8 Å². The van der Waals surface area contributed by atoms with Gasteiger partial charge < -0.3 is 4.74 Å². The van der Waals surface area contributed by atoms with Gasteiger partial charge in [0.15, 0.2) is 0 Å². The van der Waals surface area contributed by atoms with E-state index in [1.807, 2.05) is 12.2 Å². The summed E-state index contributed by atoms with van der Waals surface area (Å²) in [5, 5.41) is 0. The Morgan fingerprint density at radius 1 is 1.35 bits per heavy atom. The Labute approximate surface area is 99.1 Å². The highest BCUT2D eigenvalue weighted by Crippen LogP contribution is 2.37. The number of carbonyl (C=O) groups excluding carboxylic acids is 1. The molecule has 3 atom stereocenters. The van der Waals surface area contributed by atoms with Crippen LogP contribution < -0.4 is 0 Å². The van der Waals surface area contributed by atoms with E-state index in [9.17, 15) is 9.18 Å². The number of hydrogen-bond acceptors (Lipinski definition) is 2. The van der Waals surface area contributed by atoms with Crippen LogP contribution in [0.25, 0.3) is 0 Å². The smallest absolute Gasteiger partial charge is 0.310 e. The fourth-order valence-electron chi connectivity index (χ4n) is 2.68. The van der Waals surface area contributed by atoms with Gasteiger partial charge in [-0.15, -0.1) is 0 Å². The van der Waals surface area contributed by atoms with Crippen molar-refractivity contribution >= 4 is 5.97 Å². The summed E-state index contributed by atoms with van der Waals surface area (Å²) in [4.78, 5) is 11.7. The van der Waals surface area contributed by atoms with Crippen molar-refractivity contribution in [3.05, 3.63) is 47.8 Å². The van der Waals surface area contributed by atoms with Crippen LogP contribution in [0.3, 0.4) is 0 Å². The lowest BCUT2D eigenvalue weighted by Crippen LogP contribution is -2.18. The third-order valence-corrected chi connectivity index (χ3v) is 3.59. The highest BCUT2D eigenvalue weighted by molar-refractivity contribution is 5.76. The van der Waals surface area contributed by atoms with Crippen LogP contribution in [0.1, 0.15) is 12.0 Å². The molecular weight excluding hydrogens is 219 g/mol. The van der Waals surface area contributed by atoms with E-state index in [1.165, 1.54) is 6.07 Å². The second kappa shape index (κ2) is 3.99. The quantitative estimate of drug-likeness (QED) is 0.578. The SMILES string of the molecule is O=C1OC2CC=CC2C1Cc1ccccc1F. The van der Waals surface area contributed by atoms with Crippen LogP contribution in [0, 0.1) is 17.7 Å². The monoisotopic (exact) mass is 232 g/mol. The van der Waals surface area contributed by atoms with Crippen LogP contribution in [0.15, 0.2) is 36.4 Å². The van der Waals surface area contributed by atoms with E-state index in [4.69, 9.17) is 4.74 Å². The van der Waals surface area contributed by atoms with Crippen molar-refractivity contribution in [3.8, 4) is 0 Å². The van der Waals surface area contributed by atoms with Crippen LogP contribution in [0.2, 0.25) is 0 Å². The molecule has 2 nitrogen and oxygen atoms in total. The molecule has 0 radical (unpaired) electrons. The Balaban J connectivity index is 1.83. The number of benzene rings is 1. The van der Waals surface area contributed by atoms with Gasteiger partial charge in [0, 0.05) is 12.3 Å². The van der Waals surface area contributed by atoms with E-state index in [2.05, 4.69) is 0 Å². The van der Waals surface area contributed by atoms with Crippen LogP contribution >= 0.6 is 0 Å². The lowest BCUT2D eigenvalue weighted by atomic mass is 9.87. The van der Waals surface area contributed by atoms with Gasteiger partial charge >= 0.3 is 5.97 Å². The molecule has 0 spiro atoms. The van der Waals surface area contributed by atoms with Crippen LogP contribution in [0.5, 0.6) is 0 Å². The Bertz CT molecular complexity index is 481. The molecule has 88 valence electrons. The molecule has 1 heterocycles. The zero-order valence-electron chi connectivity index (χ0n) is 9.30. The zero-order valence-corrected chi connectivity index (χ0v) is 9.30. The molecule has 1 aliphatic heterocycles. The fourth-order valence-corrected chi connectivity index (χ4v) is 2.68. The summed E-state index contributed by atoms with van der Waals surface area (Å²) in [6, 6.07) is 6.61. The minimum absolute atomic E-state index is 0.0146. The van der Waals surface area contributed by atoms with Crippen LogP contribution in [-0.2, 0) is 16.0 Å². The summed E-state index contributed by atoms with van der Waals surface area (Å²) in [6.45, 7) is 0. The number of carbonyl (C=O) groups is 1. The summed E-state index contributed by atoms with van der Waals surface area (Å²) in [7, 11) is 0. The van der Waals surface area contributed by atoms with Crippen LogP contribution in [-0.4, -0.2) is 12.1 Å². The largest absolute Gasteiger partial charge is 0.461 e. The van der Waals surface area contributed by atoms with E-state index >= 15 is 0 Å². The molecule has 17 heavy (non-hydrogen) atoms. The number of hydrogen-bond donors (Lipinski definition) is 0. The fraction of sp³-hybridized carbons (Fsp3) is 0.357. The van der Waals surface area contributed by atoms with Gasteiger partial charge in [0.25, 0.3) is 0 Å². The highest BCUT2D eigenvalue weighted by Gasteiger charge is 2.44. The molecule has 3 unspecified atom stereocenters. The maximum atomic E-state index is 13.5. The van der Waals surface area contributed by atoms with Crippen molar-refractivity contribution in [1.29, 1.82) is 0 Å². The average Bonchev–Trinajstić information content (AvgIpc) is 2.85. The standard InChI is InChI=1S/C14H13FO2/c15-12-6-2-1-4-9(12)8-11-10-5-3-7-13(10)17-14(11)16/h1-6,10-11,13H,7-8H2. The predicted octanol–water partition coefficient (Wildman–Crippen LogP) is 2.49. The van der Waals surface area contributed by atoms with E-state index in [0.29, 0.717) is 12.0 Å². The number of halogens is 1. The first-order valence-electron chi connectivity index (χ1n) is 5.86. The second-order valence-electron chi connectivity index (χ2n) is 4.62. The molecule has 1 fully saturated rings. The normalized spacial score (nSPS) is 30.4. The molecule has 3 heteroatoms. The predicted molar refractivity (Wildman–Crippen MR) is 60.7 cm³/mol. The van der Waals surface area contributed by atoms with Crippen molar-refractivity contribution in [1.82, 2.24) is 0 Å². The minimum atomic E-state index is -0.245. The molecule has 2 aliphatic rings. The molecule has 3 rings (SSSR count). The van der Waals surface area contributed by atoms with Crippen molar-refractivity contribution in [2.45, 2.75) is 18.9 Å². The Hall–Kier alpha value is -1.64. The highest BCUT2D eigenvalue weighted by atomic mass is 19.1. The Kier molecular flexibility index (Phi) is 2.46. The summed E-state index contributed by atoms with van der Waals surface area (Å²) in [5.74, 6) is -0.531. The molecule has 0 saturated carbocycles. The van der Waals surface area contributed by atoms with Gasteiger partial charge in [-0.2, -0.15) is 0 Å². The van der Waals surface area contributed by atoms with Gasteiger partial charge in [0.2, 0.25) is 0 Å². The van der Waals surface area contributed by atoms with E-state index < -0.39 is 0 Å². The van der Waals surface area contributed by atoms with Gasteiger partial charge in [0.05, 0.1) is 5.92 Å². The second-order valence-corrected chi connectivity index (χ2v) is 4.62. The number of ether oxygens (including phenoxy) is 1. The number of esters is 1. The summed E-state index contributed by atoms with van der Waals surface area (Å²) >= 11 is 0. The number of rotatable bonds is 2. The van der Waals surface area contributed by atoms with Gasteiger partial charge in [0.1, 0.15) is 11.9 Å². The Morgan fingerprint density at radius 3 is 3.00 bits per heavy atom. The molecule has 0 aromatic heterocycles. The maximum Gasteiger partial charge on any atom is 0.310 e. The minimum Gasteiger partial charge on any atom is -0.461 e. The lowest BCUT2D eigenvalue weighted by molar-refractivity contribution is -0.144. The van der Waals surface area contributed by atoms with Crippen LogP contribution in [0.4, 0.5) is 4.39 Å². The molecule has 1 aromatic rings. The summed E-state index contributed by atoms with van der Waals surface area (Å²) < 4.78 is 18.8. The maximum absolute atomic E-state index is 13.5. The van der Waals surface area contributed by atoms with E-state index in [1.54, 1.807) is 18.2 Å². The first-order valence-corrected chi connectivity index (χ1v) is 5.86. The van der Waals surface area contributed by atoms with Crippen molar-refractivity contribution in [3.63, 3.8) is 0 Å². The van der Waals surface area contributed by atoms with Gasteiger partial charge in [-0.3, -0.25) is 4.79 Å². The molecular formula is C14H13FO2. The van der Waals surface area contributed by atoms with Gasteiger partial charge in [-0.05, 0) is 18.1 Å². The number of fused-ring (bicyclic) bond motifs is 1. The third-order valence-electron chi connectivity index (χ3n) is 3.59. The van der Waals surface area contributed by atoms with Crippen molar-refractivity contribution < 1.29 is 13.9 Å². The first kappa shape index (κ1) is 10.5. The topological polar surface area (TPSA) is 26.3 Å². The average molecular weight is 232 g/mol. The van der Waals surface area contributed by atoms with E-state index in [-0.39, 0.29) is 29.7 Å². The zero-order chi connectivity index (χ0) is 11.8. The van der Waals surface area contributed by atoms with Gasteiger partial charge in [-0.1, -0.05) is 30.4 Å². The molecule has 1 saturated heterocycles. The van der Waals surface area contributed by atoms with Gasteiger partial charge in [-0.25, -0.2) is 4.39 Å². The molecule has 1 aliphatic carbocycles. The first-order chi connectivity index (χ1) is 8.25. The molecule has 0 amide bonds. The molecule has 0 N–H and O–H groups in total. The Morgan fingerprint density at radius 2 is 2.18 bits per heavy atom. The summed E-state index contributed by atoms with van der Waals surface area (Å²) in [6.07, 6.45) is 5.28. The summed E-state index contributed by atoms with van der Waals surface area (Å²) in [5.41, 5.74) is 0.593.